The molecule has 0 spiro atoms. The Balaban J connectivity index is 0.000000250. The molecule has 0 aliphatic heterocycles. The molecule has 65 heavy (non-hydrogen) atoms. The molecule has 17 nitrogen and oxygen atoms in total. The van der Waals surface area contributed by atoms with E-state index in [1.165, 1.54) is 31.3 Å². The number of Topliss-reactive ketones (excluding diaryl/α,β-unsaturated/α-hetero) is 2. The first-order valence-corrected chi connectivity index (χ1v) is 20.5. The second kappa shape index (κ2) is 24.0. The quantitative estimate of drug-likeness (QED) is 0.0343. The van der Waals surface area contributed by atoms with Crippen molar-refractivity contribution in [1.29, 1.82) is 0 Å². The van der Waals surface area contributed by atoms with E-state index in [-0.39, 0.29) is 72.7 Å². The molecule has 0 bridgehead atoms. The molecule has 338 valence electrons. The van der Waals surface area contributed by atoms with Gasteiger partial charge in [0.25, 0.3) is 0 Å². The van der Waals surface area contributed by atoms with Crippen molar-refractivity contribution >= 4 is 36.5 Å². The van der Waals surface area contributed by atoms with E-state index >= 15 is 0 Å². The molecule has 0 aliphatic rings. The van der Waals surface area contributed by atoms with Gasteiger partial charge in [-0.2, -0.15) is 30.8 Å². The number of benzene rings is 4. The molecule has 9 N–H and O–H groups in total. The van der Waals surface area contributed by atoms with Crippen molar-refractivity contribution in [3.63, 3.8) is 0 Å². The van der Waals surface area contributed by atoms with Crippen molar-refractivity contribution < 1.29 is 48.0 Å². The van der Waals surface area contributed by atoms with Crippen LogP contribution in [0.3, 0.4) is 0 Å². The number of carboxylic acid groups (broad SMARTS) is 2. The maximum Gasteiger partial charge on any atom is 0.374 e. The Morgan fingerprint density at radius 2 is 1.12 bits per heavy atom. The maximum atomic E-state index is 14.1. The molecule has 0 saturated carbocycles. The fraction of sp³-hybridized carbons (Fsp3) is 0.267. The third-order valence-electron chi connectivity index (χ3n) is 10.3. The summed E-state index contributed by atoms with van der Waals surface area (Å²) in [6.07, 6.45) is 3.63. The molecule has 1 amide bonds. The van der Waals surface area contributed by atoms with Crippen LogP contribution < -0.4 is 16.3 Å². The Morgan fingerprint density at radius 1 is 0.677 bits per heavy atom. The smallest absolute Gasteiger partial charge is 0.374 e. The topological polar surface area (TPSA) is 279 Å². The molecule has 0 radical (unpaired) electrons. The molecular formula is C45H48BF2N9O8. The number of ketones is 2. The number of aromatic amines is 2. The van der Waals surface area contributed by atoms with E-state index in [0.29, 0.717) is 29.5 Å². The Labute approximate surface area is 372 Å². The van der Waals surface area contributed by atoms with Crippen LogP contribution in [0.4, 0.5) is 8.78 Å². The lowest BCUT2D eigenvalue weighted by Crippen LogP contribution is -2.47. The summed E-state index contributed by atoms with van der Waals surface area (Å²) < 4.78 is 28.1. The number of nitrogens with one attached hydrogen (secondary N) is 4. The number of nitrogens with two attached hydrogens (primary N) is 1. The lowest BCUT2D eigenvalue weighted by Gasteiger charge is -2.22. The van der Waals surface area contributed by atoms with Crippen molar-refractivity contribution in [1.82, 2.24) is 41.4 Å². The fourth-order valence-electron chi connectivity index (χ4n) is 7.08. The lowest BCUT2D eigenvalue weighted by molar-refractivity contribution is -0.142. The zero-order chi connectivity index (χ0) is 46.9. The van der Waals surface area contributed by atoms with Crippen LogP contribution in [0.1, 0.15) is 57.8 Å². The highest BCUT2D eigenvalue weighted by Crippen LogP contribution is 2.27. The van der Waals surface area contributed by atoms with E-state index in [9.17, 15) is 42.9 Å². The van der Waals surface area contributed by atoms with Crippen LogP contribution in [-0.4, -0.2) is 101 Å². The Kier molecular flexibility index (Phi) is 18.0. The summed E-state index contributed by atoms with van der Waals surface area (Å²) in [5, 5.41) is 52.6. The average molecular weight is 892 g/mol. The molecule has 6 aromatic rings. The predicted molar refractivity (Wildman–Crippen MR) is 235 cm³/mol. The third kappa shape index (κ3) is 15.2. The van der Waals surface area contributed by atoms with Crippen LogP contribution in [0.25, 0.3) is 22.3 Å². The second-order valence-corrected chi connectivity index (χ2v) is 15.4. The number of rotatable bonds is 22. The van der Waals surface area contributed by atoms with Crippen LogP contribution in [0.5, 0.6) is 0 Å². The largest absolute Gasteiger partial charge is 0.480 e. The van der Waals surface area contributed by atoms with Gasteiger partial charge in [0, 0.05) is 24.0 Å². The van der Waals surface area contributed by atoms with Gasteiger partial charge in [0.05, 0.1) is 18.9 Å². The SMILES string of the molecule is CB(O)NCC(=O)N[C@H](C[C@H](CC(=O)c1cn[nH]n1)Cc1ccc(-c2ccccc2F)cc1)C(=O)O.N[C@H](C[C@H](CC(=O)c1cn[nH]n1)Cc1ccc(-c2ccccc2F)cc1)C(=O)O. The number of hydrogen-bond donors (Lipinski definition) is 8. The minimum Gasteiger partial charge on any atom is -0.480 e. The first-order valence-electron chi connectivity index (χ1n) is 20.5. The number of carbonyl (C=O) groups excluding carboxylic acids is 3. The minimum absolute atomic E-state index is 0.0194. The van der Waals surface area contributed by atoms with Crippen molar-refractivity contribution in [3.05, 3.63) is 144 Å². The van der Waals surface area contributed by atoms with Crippen molar-refractivity contribution in [2.45, 2.75) is 57.4 Å². The number of aromatic nitrogens is 6. The molecule has 0 aliphatic carbocycles. The fourth-order valence-corrected chi connectivity index (χ4v) is 7.08. The summed E-state index contributed by atoms with van der Waals surface area (Å²) in [7, 11) is -0.931. The number of aliphatic carboxylic acids is 2. The Hall–Kier alpha value is -7.29. The number of nitrogens with zero attached hydrogens (tertiary/aromatic N) is 4. The van der Waals surface area contributed by atoms with Gasteiger partial charge in [-0.3, -0.25) is 19.2 Å². The summed E-state index contributed by atoms with van der Waals surface area (Å²) in [6, 6.07) is 25.1. The first-order chi connectivity index (χ1) is 31.2. The van der Waals surface area contributed by atoms with E-state index in [0.717, 1.165) is 16.7 Å². The van der Waals surface area contributed by atoms with Crippen molar-refractivity contribution in [2.24, 2.45) is 17.6 Å². The van der Waals surface area contributed by atoms with E-state index in [1.807, 2.05) is 12.1 Å². The molecular weight excluding hydrogens is 843 g/mol. The highest BCUT2D eigenvalue weighted by molar-refractivity contribution is 6.45. The highest BCUT2D eigenvalue weighted by Gasteiger charge is 2.28. The van der Waals surface area contributed by atoms with Crippen LogP contribution in [0.2, 0.25) is 6.82 Å². The van der Waals surface area contributed by atoms with Gasteiger partial charge in [-0.15, -0.1) is 0 Å². The summed E-state index contributed by atoms with van der Waals surface area (Å²) in [5.74, 6) is -4.89. The highest BCUT2D eigenvalue weighted by atomic mass is 19.1. The molecule has 0 unspecified atom stereocenters. The Morgan fingerprint density at radius 3 is 1.51 bits per heavy atom. The summed E-state index contributed by atoms with van der Waals surface area (Å²) >= 11 is 0. The van der Waals surface area contributed by atoms with Gasteiger partial charge in [0.1, 0.15) is 35.1 Å². The molecule has 4 aromatic carbocycles. The van der Waals surface area contributed by atoms with Gasteiger partial charge in [-0.05, 0) is 78.7 Å². The van der Waals surface area contributed by atoms with Gasteiger partial charge in [0.2, 0.25) is 5.91 Å². The number of amides is 1. The zero-order valence-electron chi connectivity index (χ0n) is 35.2. The minimum atomic E-state index is -1.25. The van der Waals surface area contributed by atoms with Crippen LogP contribution in [-0.2, 0) is 27.2 Å². The normalized spacial score (nSPS) is 12.8. The number of carbonyl (C=O) groups is 5. The number of hydrogen-bond acceptors (Lipinski definition) is 12. The molecule has 6 rings (SSSR count). The molecule has 0 saturated heterocycles. The van der Waals surface area contributed by atoms with E-state index in [1.54, 1.807) is 72.8 Å². The summed E-state index contributed by atoms with van der Waals surface area (Å²) in [6.45, 7) is 1.17. The van der Waals surface area contributed by atoms with E-state index in [2.05, 4.69) is 41.4 Å². The van der Waals surface area contributed by atoms with Gasteiger partial charge < -0.3 is 31.5 Å². The van der Waals surface area contributed by atoms with Crippen molar-refractivity contribution in [3.8, 4) is 22.3 Å². The van der Waals surface area contributed by atoms with Crippen LogP contribution in [0, 0.1) is 23.5 Å². The predicted octanol–water partition coefficient (Wildman–Crippen LogP) is 4.55. The van der Waals surface area contributed by atoms with Gasteiger partial charge in [-0.25, -0.2) is 13.6 Å². The summed E-state index contributed by atoms with van der Waals surface area (Å²) in [5.41, 5.74) is 10.1. The molecule has 0 fully saturated rings. The van der Waals surface area contributed by atoms with Crippen molar-refractivity contribution in [2.75, 3.05) is 6.54 Å². The van der Waals surface area contributed by atoms with Gasteiger partial charge in [-0.1, -0.05) is 84.9 Å². The molecule has 4 atom stereocenters. The lowest BCUT2D eigenvalue weighted by atomic mass is 9.87. The number of H-pyrrole nitrogens is 2. The second-order valence-electron chi connectivity index (χ2n) is 15.4. The molecule has 20 heteroatoms. The van der Waals surface area contributed by atoms with Gasteiger partial charge in [0.15, 0.2) is 11.6 Å². The van der Waals surface area contributed by atoms with E-state index < -0.39 is 42.9 Å². The third-order valence-corrected chi connectivity index (χ3v) is 10.3. The first kappa shape index (κ1) is 48.7. The molecule has 2 aromatic heterocycles. The monoisotopic (exact) mass is 891 g/mol. The van der Waals surface area contributed by atoms with Crippen LogP contribution >= 0.6 is 0 Å². The molecule has 2 heterocycles. The standard InChI is InChI=1S/C24H27BFN5O5.C21H21FN4O3/c1-25(36)27-14-23(33)29-20(24(34)35)11-16(12-22(32)21-13-28-31-30-21)10-15-6-8-17(9-7-15)18-4-2-3-5-19(18)26;22-17-4-2-1-3-16(17)15-7-5-13(6-8-15)9-14(10-18(23)21(28)29)11-20(27)19-12-24-26-25-19/h2-9,13,16,20,27,36H,10-12,14H2,1H3,(H,29,33)(H,34,35)(H,28,30,31);1-8,12,14,18H,9-11,23H2,(H,28,29)(H,24,25,26)/t16-,20-;14-,18-/m11/s1. The zero-order valence-corrected chi connectivity index (χ0v) is 35.2. The number of carboxylic acids is 2. The van der Waals surface area contributed by atoms with Crippen LogP contribution in [0.15, 0.2) is 109 Å². The maximum absolute atomic E-state index is 14.1. The average Bonchev–Trinajstić information content (AvgIpc) is 4.03. The van der Waals surface area contributed by atoms with E-state index in [4.69, 9.17) is 10.8 Å². The Bertz CT molecular complexity index is 2490. The van der Waals surface area contributed by atoms with Gasteiger partial charge >= 0.3 is 19.0 Å². The number of halogens is 2. The summed E-state index contributed by atoms with van der Waals surface area (Å²) in [4.78, 5) is 60.3.